The van der Waals surface area contributed by atoms with Gasteiger partial charge in [-0.05, 0) is 30.7 Å². The first-order valence-corrected chi connectivity index (χ1v) is 5.95. The minimum absolute atomic E-state index is 0.584. The van der Waals surface area contributed by atoms with E-state index in [0.29, 0.717) is 5.25 Å². The van der Waals surface area contributed by atoms with Gasteiger partial charge in [0.15, 0.2) is 0 Å². The average Bonchev–Trinajstić information content (AvgIpc) is 2.21. The van der Waals surface area contributed by atoms with E-state index < -0.39 is 0 Å². The van der Waals surface area contributed by atoms with Gasteiger partial charge in [0.25, 0.3) is 0 Å². The normalized spacial score (nSPS) is 12.8. The van der Waals surface area contributed by atoms with Crippen LogP contribution in [-0.2, 0) is 0 Å². The second-order valence-corrected chi connectivity index (χ2v) is 4.33. The van der Waals surface area contributed by atoms with Gasteiger partial charge in [0.05, 0.1) is 5.69 Å². The summed E-state index contributed by atoms with van der Waals surface area (Å²) < 4.78 is 0. The van der Waals surface area contributed by atoms with Gasteiger partial charge in [0.1, 0.15) is 0 Å². The monoisotopic (exact) mass is 195 g/mol. The molecule has 0 saturated carbocycles. The Kier molecular flexibility index (Phi) is 4.91. The molecule has 72 valence electrons. The van der Waals surface area contributed by atoms with E-state index in [1.807, 2.05) is 24.0 Å². The van der Waals surface area contributed by atoms with Crippen molar-refractivity contribution in [1.29, 1.82) is 0 Å². The highest BCUT2D eigenvalue weighted by Crippen LogP contribution is 2.30. The molecular formula is C11H17NS. The Morgan fingerprint density at radius 2 is 2.23 bits per heavy atom. The van der Waals surface area contributed by atoms with Crippen LogP contribution in [-0.4, -0.2) is 10.7 Å². The van der Waals surface area contributed by atoms with E-state index in [4.69, 9.17) is 0 Å². The van der Waals surface area contributed by atoms with Crippen LogP contribution in [0.2, 0.25) is 0 Å². The van der Waals surface area contributed by atoms with Gasteiger partial charge in [0, 0.05) is 11.4 Å². The second kappa shape index (κ2) is 6.03. The highest BCUT2D eigenvalue weighted by Gasteiger charge is 2.09. The Balaban J connectivity index is 2.56. The maximum absolute atomic E-state index is 4.38. The van der Waals surface area contributed by atoms with Gasteiger partial charge < -0.3 is 0 Å². The van der Waals surface area contributed by atoms with Gasteiger partial charge in [0.2, 0.25) is 0 Å². The Labute approximate surface area is 85.0 Å². The molecule has 0 aliphatic heterocycles. The van der Waals surface area contributed by atoms with Crippen molar-refractivity contribution in [3.05, 3.63) is 30.1 Å². The van der Waals surface area contributed by atoms with E-state index in [1.54, 1.807) is 0 Å². The molecule has 1 aromatic heterocycles. The fraction of sp³-hybridized carbons (Fsp3) is 0.545. The van der Waals surface area contributed by atoms with E-state index in [-0.39, 0.29) is 0 Å². The number of aromatic nitrogens is 1. The van der Waals surface area contributed by atoms with Gasteiger partial charge in [-0.2, -0.15) is 11.8 Å². The lowest BCUT2D eigenvalue weighted by Crippen LogP contribution is -1.96. The van der Waals surface area contributed by atoms with Crippen LogP contribution in [0.15, 0.2) is 24.4 Å². The predicted molar refractivity (Wildman–Crippen MR) is 60.0 cm³/mol. The molecular weight excluding hydrogens is 178 g/mol. The Bertz CT molecular complexity index is 223. The Hall–Kier alpha value is -0.500. The summed E-state index contributed by atoms with van der Waals surface area (Å²) in [5.74, 6) is 1.23. The molecule has 1 atom stereocenters. The van der Waals surface area contributed by atoms with Crippen molar-refractivity contribution in [1.82, 2.24) is 4.98 Å². The molecule has 0 aliphatic carbocycles. The van der Waals surface area contributed by atoms with Crippen LogP contribution >= 0.6 is 11.8 Å². The summed E-state index contributed by atoms with van der Waals surface area (Å²) >= 11 is 2.01. The third-order valence-corrected chi connectivity index (χ3v) is 3.53. The molecule has 13 heavy (non-hydrogen) atoms. The third-order valence-electron chi connectivity index (χ3n) is 1.91. The predicted octanol–water partition coefficient (Wildman–Crippen LogP) is 3.68. The maximum atomic E-state index is 4.38. The molecule has 1 aromatic rings. The largest absolute Gasteiger partial charge is 0.260 e. The molecule has 1 nitrogen and oxygen atoms in total. The molecule has 0 aromatic carbocycles. The van der Waals surface area contributed by atoms with Crippen LogP contribution in [0.1, 0.15) is 37.6 Å². The van der Waals surface area contributed by atoms with Crippen LogP contribution in [0.4, 0.5) is 0 Å². The minimum atomic E-state index is 0.584. The molecule has 0 saturated heterocycles. The zero-order chi connectivity index (χ0) is 9.52. The van der Waals surface area contributed by atoms with Gasteiger partial charge >= 0.3 is 0 Å². The van der Waals surface area contributed by atoms with Crippen molar-refractivity contribution in [2.24, 2.45) is 0 Å². The topological polar surface area (TPSA) is 12.9 Å². The van der Waals surface area contributed by atoms with E-state index in [2.05, 4.69) is 31.0 Å². The molecule has 1 heterocycles. The van der Waals surface area contributed by atoms with Gasteiger partial charge in [-0.25, -0.2) is 0 Å². The van der Waals surface area contributed by atoms with Crippen LogP contribution in [0.5, 0.6) is 0 Å². The van der Waals surface area contributed by atoms with E-state index >= 15 is 0 Å². The van der Waals surface area contributed by atoms with E-state index in [1.165, 1.54) is 24.3 Å². The van der Waals surface area contributed by atoms with Crippen molar-refractivity contribution < 1.29 is 0 Å². The lowest BCUT2D eigenvalue weighted by Gasteiger charge is -2.12. The standard InChI is InChI=1S/C11H17NS/c1-3-9-13-11(4-2)10-7-5-6-8-12-10/h5-8,11H,3-4,9H2,1-2H3. The Morgan fingerprint density at radius 3 is 2.77 bits per heavy atom. The fourth-order valence-corrected chi connectivity index (χ4v) is 2.31. The SMILES string of the molecule is CCCSC(CC)c1ccccn1. The number of hydrogen-bond donors (Lipinski definition) is 0. The third kappa shape index (κ3) is 3.39. The van der Waals surface area contributed by atoms with E-state index in [0.717, 1.165) is 0 Å². The summed E-state index contributed by atoms with van der Waals surface area (Å²) in [6.45, 7) is 4.44. The van der Waals surface area contributed by atoms with Crippen molar-refractivity contribution >= 4 is 11.8 Å². The molecule has 2 heteroatoms. The molecule has 0 bridgehead atoms. The van der Waals surface area contributed by atoms with Crippen LogP contribution in [0.3, 0.4) is 0 Å². The van der Waals surface area contributed by atoms with Crippen molar-refractivity contribution in [2.45, 2.75) is 31.9 Å². The molecule has 0 fully saturated rings. The molecule has 0 aliphatic rings. The lowest BCUT2D eigenvalue weighted by molar-refractivity contribution is 0.855. The van der Waals surface area contributed by atoms with Gasteiger partial charge in [-0.15, -0.1) is 0 Å². The fourth-order valence-electron chi connectivity index (χ4n) is 1.24. The summed E-state index contributed by atoms with van der Waals surface area (Å²) in [5.41, 5.74) is 1.23. The maximum Gasteiger partial charge on any atom is 0.0533 e. The van der Waals surface area contributed by atoms with Gasteiger partial charge in [-0.3, -0.25) is 4.98 Å². The first-order chi connectivity index (χ1) is 6.38. The molecule has 1 rings (SSSR count). The zero-order valence-electron chi connectivity index (χ0n) is 8.36. The average molecular weight is 195 g/mol. The smallest absolute Gasteiger partial charge is 0.0533 e. The quantitative estimate of drug-likeness (QED) is 0.711. The molecule has 1 unspecified atom stereocenters. The first-order valence-electron chi connectivity index (χ1n) is 4.91. The van der Waals surface area contributed by atoms with Crippen molar-refractivity contribution in [3.63, 3.8) is 0 Å². The minimum Gasteiger partial charge on any atom is -0.260 e. The summed E-state index contributed by atoms with van der Waals surface area (Å²) in [6.07, 6.45) is 4.29. The first kappa shape index (κ1) is 10.6. The second-order valence-electron chi connectivity index (χ2n) is 3.02. The van der Waals surface area contributed by atoms with Crippen LogP contribution < -0.4 is 0 Å². The number of hydrogen-bond acceptors (Lipinski definition) is 2. The summed E-state index contributed by atoms with van der Waals surface area (Å²) in [6, 6.07) is 6.16. The van der Waals surface area contributed by atoms with Gasteiger partial charge in [-0.1, -0.05) is 19.9 Å². The molecule has 0 radical (unpaired) electrons. The number of pyridine rings is 1. The van der Waals surface area contributed by atoms with Crippen molar-refractivity contribution in [2.75, 3.05) is 5.75 Å². The lowest BCUT2D eigenvalue weighted by atomic mass is 10.2. The van der Waals surface area contributed by atoms with Crippen molar-refractivity contribution in [3.8, 4) is 0 Å². The van der Waals surface area contributed by atoms with E-state index in [9.17, 15) is 0 Å². The summed E-state index contributed by atoms with van der Waals surface area (Å²) in [4.78, 5) is 4.38. The Morgan fingerprint density at radius 1 is 1.38 bits per heavy atom. The highest BCUT2D eigenvalue weighted by molar-refractivity contribution is 7.99. The number of nitrogens with zero attached hydrogens (tertiary/aromatic N) is 1. The number of rotatable bonds is 5. The molecule has 0 amide bonds. The summed E-state index contributed by atoms with van der Waals surface area (Å²) in [5, 5.41) is 0.584. The van der Waals surface area contributed by atoms with Crippen LogP contribution in [0.25, 0.3) is 0 Å². The highest BCUT2D eigenvalue weighted by atomic mass is 32.2. The molecule has 0 spiro atoms. The van der Waals surface area contributed by atoms with Crippen LogP contribution in [0, 0.1) is 0 Å². The molecule has 0 N–H and O–H groups in total. The zero-order valence-corrected chi connectivity index (χ0v) is 9.18. The summed E-state index contributed by atoms with van der Waals surface area (Å²) in [7, 11) is 0. The number of thioether (sulfide) groups is 1.